The molecule has 0 bridgehead atoms. The van der Waals surface area contributed by atoms with Crippen molar-refractivity contribution in [2.75, 3.05) is 20.4 Å². The first-order valence-corrected chi connectivity index (χ1v) is 11.3. The highest BCUT2D eigenvalue weighted by atomic mass is 16.6. The first kappa shape index (κ1) is 22.6. The van der Waals surface area contributed by atoms with E-state index in [1.54, 1.807) is 25.3 Å². The molecule has 178 valence electrons. The van der Waals surface area contributed by atoms with Crippen LogP contribution in [0.4, 0.5) is 5.69 Å². The Bertz CT molecular complexity index is 1330. The largest absolute Gasteiger partial charge is 0.497 e. The second kappa shape index (κ2) is 9.23. The third-order valence-corrected chi connectivity index (χ3v) is 6.27. The molecule has 0 aliphatic carbocycles. The summed E-state index contributed by atoms with van der Waals surface area (Å²) in [5.74, 6) is 2.09. The summed E-state index contributed by atoms with van der Waals surface area (Å²) >= 11 is 0. The molecule has 3 aromatic carbocycles. The molecule has 8 nitrogen and oxygen atoms in total. The van der Waals surface area contributed by atoms with Crippen molar-refractivity contribution < 1.29 is 23.9 Å². The van der Waals surface area contributed by atoms with Crippen molar-refractivity contribution in [3.63, 3.8) is 0 Å². The molecule has 5 rings (SSSR count). The maximum Gasteiger partial charge on any atom is 0.269 e. The second-order valence-electron chi connectivity index (χ2n) is 8.59. The predicted octanol–water partition coefficient (Wildman–Crippen LogP) is 4.92. The van der Waals surface area contributed by atoms with E-state index >= 15 is 0 Å². The maximum atomic E-state index is 13.2. The summed E-state index contributed by atoms with van der Waals surface area (Å²) in [5, 5.41) is 10.9. The number of nitro benzene ring substituents is 1. The fraction of sp³-hybridized carbons (Fsp3) is 0.222. The van der Waals surface area contributed by atoms with Gasteiger partial charge >= 0.3 is 0 Å². The number of carbonyl (C=O) groups excluding carboxylic acids is 1. The molecular formula is C27H24N2O6. The van der Waals surface area contributed by atoms with Crippen molar-refractivity contribution in [3.8, 4) is 17.2 Å². The van der Waals surface area contributed by atoms with E-state index < -0.39 is 4.92 Å². The van der Waals surface area contributed by atoms with E-state index in [0.717, 1.165) is 35.6 Å². The van der Waals surface area contributed by atoms with Crippen LogP contribution >= 0.6 is 0 Å². The van der Waals surface area contributed by atoms with E-state index in [9.17, 15) is 14.9 Å². The van der Waals surface area contributed by atoms with E-state index in [1.165, 1.54) is 17.7 Å². The summed E-state index contributed by atoms with van der Waals surface area (Å²) in [6.07, 6.45) is 2.46. The standard InChI is InChI=1S/C27H24N2O6/c1-17-13-23-22(15-28(16-34-23)12-11-18-5-9-21(33-2)10-6-18)27-25(17)26(30)24(35-27)14-19-3-7-20(8-4-19)29(31)32/h3-10,13-14H,11-12,15-16H2,1-2H3/b24-14+. The highest BCUT2D eigenvalue weighted by Gasteiger charge is 2.35. The lowest BCUT2D eigenvalue weighted by Gasteiger charge is -2.30. The minimum atomic E-state index is -0.458. The molecule has 0 spiro atoms. The van der Waals surface area contributed by atoms with Gasteiger partial charge in [-0.3, -0.25) is 19.8 Å². The van der Waals surface area contributed by atoms with Crippen molar-refractivity contribution >= 4 is 17.5 Å². The monoisotopic (exact) mass is 472 g/mol. The lowest BCUT2D eigenvalue weighted by atomic mass is 9.98. The molecule has 0 radical (unpaired) electrons. The van der Waals surface area contributed by atoms with Gasteiger partial charge in [0.15, 0.2) is 5.76 Å². The molecule has 3 aromatic rings. The van der Waals surface area contributed by atoms with E-state index in [-0.39, 0.29) is 17.2 Å². The van der Waals surface area contributed by atoms with Crippen molar-refractivity contribution in [2.24, 2.45) is 0 Å². The van der Waals surface area contributed by atoms with Crippen LogP contribution in [0.5, 0.6) is 17.2 Å². The zero-order valence-corrected chi connectivity index (χ0v) is 19.4. The number of Topliss-reactive ketones (excluding diaryl/α,β-unsaturated/α-hetero) is 1. The number of carbonyl (C=O) groups is 1. The molecule has 2 aliphatic heterocycles. The van der Waals surface area contributed by atoms with E-state index in [0.29, 0.717) is 30.2 Å². The summed E-state index contributed by atoms with van der Waals surface area (Å²) in [5.41, 5.74) is 4.03. The number of methoxy groups -OCH3 is 1. The van der Waals surface area contributed by atoms with Gasteiger partial charge in [-0.25, -0.2) is 0 Å². The van der Waals surface area contributed by atoms with Gasteiger partial charge in [0.2, 0.25) is 5.78 Å². The number of ketones is 1. The number of non-ortho nitro benzene ring substituents is 1. The number of nitrogens with zero attached hydrogens (tertiary/aromatic N) is 2. The SMILES string of the molecule is COc1ccc(CCN2COc3cc(C)c4c(c3C2)O/C(=C/c2ccc([N+](=O)[O-])cc2)C4=O)cc1. The predicted molar refractivity (Wildman–Crippen MR) is 130 cm³/mol. The highest BCUT2D eigenvalue weighted by molar-refractivity contribution is 6.15. The third-order valence-electron chi connectivity index (χ3n) is 6.27. The van der Waals surface area contributed by atoms with Crippen LogP contribution in [0.1, 0.15) is 32.6 Å². The molecule has 0 atom stereocenters. The second-order valence-corrected chi connectivity index (χ2v) is 8.59. The van der Waals surface area contributed by atoms with Crippen LogP contribution in [0, 0.1) is 17.0 Å². The molecule has 35 heavy (non-hydrogen) atoms. The van der Waals surface area contributed by atoms with Crippen molar-refractivity contribution in [1.29, 1.82) is 0 Å². The molecule has 0 saturated heterocycles. The minimum absolute atomic E-state index is 0.00843. The number of hydrogen-bond acceptors (Lipinski definition) is 7. The Balaban J connectivity index is 1.36. The van der Waals surface area contributed by atoms with Crippen LogP contribution in [-0.4, -0.2) is 36.0 Å². The number of aryl methyl sites for hydroxylation is 1. The number of fused-ring (bicyclic) bond motifs is 3. The highest BCUT2D eigenvalue weighted by Crippen LogP contribution is 2.44. The van der Waals surface area contributed by atoms with Gasteiger partial charge in [0.1, 0.15) is 24.0 Å². The number of nitro groups is 1. The smallest absolute Gasteiger partial charge is 0.269 e. The van der Waals surface area contributed by atoms with Crippen LogP contribution < -0.4 is 14.2 Å². The minimum Gasteiger partial charge on any atom is -0.497 e. The number of allylic oxidation sites excluding steroid dienone is 1. The van der Waals surface area contributed by atoms with Gasteiger partial charge in [0.05, 0.1) is 23.2 Å². The molecular weight excluding hydrogens is 448 g/mol. The number of rotatable bonds is 6. The Labute approximate surface area is 202 Å². The molecule has 0 fully saturated rings. The van der Waals surface area contributed by atoms with E-state index in [4.69, 9.17) is 14.2 Å². The average molecular weight is 472 g/mol. The summed E-state index contributed by atoms with van der Waals surface area (Å²) in [7, 11) is 1.65. The molecule has 0 unspecified atom stereocenters. The maximum absolute atomic E-state index is 13.2. The van der Waals surface area contributed by atoms with Crippen molar-refractivity contribution in [2.45, 2.75) is 19.9 Å². The van der Waals surface area contributed by atoms with Crippen LogP contribution in [0.15, 0.2) is 60.4 Å². The van der Waals surface area contributed by atoms with Crippen molar-refractivity contribution in [3.05, 3.63) is 98.3 Å². The molecule has 0 N–H and O–H groups in total. The van der Waals surface area contributed by atoms with Crippen LogP contribution in [0.25, 0.3) is 6.08 Å². The molecule has 2 heterocycles. The summed E-state index contributed by atoms with van der Waals surface area (Å²) < 4.78 is 17.3. The lowest BCUT2D eigenvalue weighted by molar-refractivity contribution is -0.384. The van der Waals surface area contributed by atoms with Crippen LogP contribution in [0.3, 0.4) is 0 Å². The van der Waals surface area contributed by atoms with Gasteiger partial charge in [-0.15, -0.1) is 0 Å². The van der Waals surface area contributed by atoms with Gasteiger partial charge in [-0.2, -0.15) is 0 Å². The van der Waals surface area contributed by atoms with Gasteiger partial charge in [-0.1, -0.05) is 12.1 Å². The van der Waals surface area contributed by atoms with Crippen molar-refractivity contribution in [1.82, 2.24) is 4.90 Å². The normalized spacial score (nSPS) is 15.8. The summed E-state index contributed by atoms with van der Waals surface area (Å²) in [4.78, 5) is 25.8. The summed E-state index contributed by atoms with van der Waals surface area (Å²) in [6.45, 7) is 3.72. The van der Waals surface area contributed by atoms with E-state index in [1.807, 2.05) is 25.1 Å². The number of hydrogen-bond donors (Lipinski definition) is 0. The van der Waals surface area contributed by atoms with E-state index in [2.05, 4.69) is 17.0 Å². The fourth-order valence-electron chi connectivity index (χ4n) is 4.34. The topological polar surface area (TPSA) is 91.1 Å². The van der Waals surface area contributed by atoms with Gasteiger partial charge < -0.3 is 14.2 Å². The number of benzene rings is 3. The molecule has 8 heteroatoms. The Morgan fingerprint density at radius 3 is 2.57 bits per heavy atom. The Kier molecular flexibility index (Phi) is 5.96. The van der Waals surface area contributed by atoms with Gasteiger partial charge in [-0.05, 0) is 66.4 Å². The fourth-order valence-corrected chi connectivity index (χ4v) is 4.34. The van der Waals surface area contributed by atoms with Gasteiger partial charge in [0, 0.05) is 25.2 Å². The lowest BCUT2D eigenvalue weighted by Crippen LogP contribution is -2.33. The molecule has 0 aromatic heterocycles. The Morgan fingerprint density at radius 2 is 1.89 bits per heavy atom. The zero-order valence-electron chi connectivity index (χ0n) is 19.4. The third kappa shape index (κ3) is 4.48. The molecule has 2 aliphatic rings. The summed E-state index contributed by atoms with van der Waals surface area (Å²) in [6, 6.07) is 15.9. The van der Waals surface area contributed by atoms with Gasteiger partial charge in [0.25, 0.3) is 5.69 Å². The molecule has 0 saturated carbocycles. The average Bonchev–Trinajstić information content (AvgIpc) is 3.20. The Hall–Kier alpha value is -4.17. The first-order valence-electron chi connectivity index (χ1n) is 11.3. The quantitative estimate of drug-likeness (QED) is 0.286. The Morgan fingerprint density at radius 1 is 1.14 bits per heavy atom. The zero-order chi connectivity index (χ0) is 24.5. The van der Waals surface area contributed by atoms with Crippen LogP contribution in [-0.2, 0) is 13.0 Å². The molecule has 0 amide bonds. The number of ether oxygens (including phenoxy) is 3. The van der Waals surface area contributed by atoms with Crippen LogP contribution in [0.2, 0.25) is 0 Å². The first-order chi connectivity index (χ1) is 16.9.